The number of nitrogens with one attached hydrogen (secondary N) is 1. The predicted molar refractivity (Wildman–Crippen MR) is 81.0 cm³/mol. The van der Waals surface area contributed by atoms with Crippen molar-refractivity contribution in [2.45, 2.75) is 19.3 Å². The number of benzene rings is 2. The number of carbonyl (C=O) groups is 1. The van der Waals surface area contributed by atoms with Crippen LogP contribution < -0.4 is 15.8 Å². The number of methoxy groups -OCH3 is 1. The van der Waals surface area contributed by atoms with Gasteiger partial charge in [-0.1, -0.05) is 24.3 Å². The lowest BCUT2D eigenvalue weighted by Gasteiger charge is -2.08. The van der Waals surface area contributed by atoms with Gasteiger partial charge in [0, 0.05) is 6.54 Å². The number of fused-ring (bicyclic) bond motifs is 1. The van der Waals surface area contributed by atoms with Crippen molar-refractivity contribution in [1.82, 2.24) is 5.32 Å². The molecule has 4 nitrogen and oxygen atoms in total. The number of primary amides is 1. The monoisotopic (exact) mass is 272 g/mol. The van der Waals surface area contributed by atoms with Crippen molar-refractivity contribution in [3.63, 3.8) is 0 Å². The van der Waals surface area contributed by atoms with Crippen LogP contribution in [0.5, 0.6) is 5.75 Å². The number of urea groups is 1. The van der Waals surface area contributed by atoms with Crippen LogP contribution in [-0.4, -0.2) is 19.7 Å². The molecule has 4 heteroatoms. The molecule has 2 rings (SSSR count). The van der Waals surface area contributed by atoms with Gasteiger partial charge in [-0.05, 0) is 47.7 Å². The largest absolute Gasteiger partial charge is 0.497 e. The first kappa shape index (κ1) is 14.2. The molecule has 0 atom stereocenters. The second-order valence-corrected chi connectivity index (χ2v) is 4.75. The van der Waals surface area contributed by atoms with Gasteiger partial charge in [-0.2, -0.15) is 0 Å². The Morgan fingerprint density at radius 3 is 2.85 bits per heavy atom. The SMILES string of the molecule is COc1ccc2cccc(CCCCNC(N)=O)c2c1. The van der Waals surface area contributed by atoms with Crippen molar-refractivity contribution in [1.29, 1.82) is 0 Å². The van der Waals surface area contributed by atoms with Crippen LogP contribution in [0.1, 0.15) is 18.4 Å². The zero-order chi connectivity index (χ0) is 14.4. The Morgan fingerprint density at radius 1 is 1.25 bits per heavy atom. The van der Waals surface area contributed by atoms with Crippen LogP contribution in [0.2, 0.25) is 0 Å². The second kappa shape index (κ2) is 6.80. The van der Waals surface area contributed by atoms with Crippen molar-refractivity contribution in [3.05, 3.63) is 42.0 Å². The van der Waals surface area contributed by atoms with E-state index in [1.807, 2.05) is 6.07 Å². The normalized spacial score (nSPS) is 10.4. The first-order valence-electron chi connectivity index (χ1n) is 6.79. The molecule has 2 aromatic rings. The van der Waals surface area contributed by atoms with Crippen LogP contribution in [0.15, 0.2) is 36.4 Å². The molecular formula is C16H20N2O2. The summed E-state index contributed by atoms with van der Waals surface area (Å²) in [6.45, 7) is 0.628. The highest BCUT2D eigenvalue weighted by Crippen LogP contribution is 2.25. The predicted octanol–water partition coefficient (Wildman–Crippen LogP) is 2.84. The fourth-order valence-corrected chi connectivity index (χ4v) is 2.31. The van der Waals surface area contributed by atoms with Gasteiger partial charge < -0.3 is 15.8 Å². The fraction of sp³-hybridized carbons (Fsp3) is 0.312. The van der Waals surface area contributed by atoms with Gasteiger partial charge in [0.1, 0.15) is 5.75 Å². The summed E-state index contributed by atoms with van der Waals surface area (Å²) in [6.07, 6.45) is 2.91. The Bertz CT molecular complexity index is 596. The molecule has 0 aliphatic heterocycles. The number of hydrogen-bond donors (Lipinski definition) is 2. The fourth-order valence-electron chi connectivity index (χ4n) is 2.31. The third kappa shape index (κ3) is 3.63. The third-order valence-corrected chi connectivity index (χ3v) is 3.35. The third-order valence-electron chi connectivity index (χ3n) is 3.35. The van der Waals surface area contributed by atoms with Crippen molar-refractivity contribution >= 4 is 16.8 Å². The van der Waals surface area contributed by atoms with Crippen LogP contribution in [0.4, 0.5) is 4.79 Å². The van der Waals surface area contributed by atoms with Gasteiger partial charge in [0.25, 0.3) is 0 Å². The van der Waals surface area contributed by atoms with Gasteiger partial charge in [0.15, 0.2) is 0 Å². The summed E-state index contributed by atoms with van der Waals surface area (Å²) >= 11 is 0. The minimum atomic E-state index is -0.458. The summed E-state index contributed by atoms with van der Waals surface area (Å²) in [7, 11) is 1.68. The van der Waals surface area contributed by atoms with Crippen LogP contribution in [0.25, 0.3) is 10.8 Å². The molecule has 20 heavy (non-hydrogen) atoms. The van der Waals surface area contributed by atoms with Gasteiger partial charge in [-0.3, -0.25) is 0 Å². The zero-order valence-corrected chi connectivity index (χ0v) is 11.7. The van der Waals surface area contributed by atoms with E-state index < -0.39 is 6.03 Å². The van der Waals surface area contributed by atoms with Gasteiger partial charge in [-0.15, -0.1) is 0 Å². The lowest BCUT2D eigenvalue weighted by Crippen LogP contribution is -2.30. The highest BCUT2D eigenvalue weighted by Gasteiger charge is 2.03. The number of hydrogen-bond acceptors (Lipinski definition) is 2. The molecule has 0 aliphatic rings. The van der Waals surface area contributed by atoms with E-state index in [-0.39, 0.29) is 0 Å². The minimum absolute atomic E-state index is 0.458. The van der Waals surface area contributed by atoms with Gasteiger partial charge >= 0.3 is 6.03 Å². The first-order chi connectivity index (χ1) is 9.70. The molecule has 0 saturated carbocycles. The van der Waals surface area contributed by atoms with Gasteiger partial charge in [-0.25, -0.2) is 4.79 Å². The summed E-state index contributed by atoms with van der Waals surface area (Å²) in [5, 5.41) is 5.06. The van der Waals surface area contributed by atoms with E-state index >= 15 is 0 Å². The topological polar surface area (TPSA) is 64.3 Å². The Morgan fingerprint density at radius 2 is 2.10 bits per heavy atom. The van der Waals surface area contributed by atoms with E-state index in [0.717, 1.165) is 25.0 Å². The van der Waals surface area contributed by atoms with Crippen molar-refractivity contribution < 1.29 is 9.53 Å². The molecule has 0 fully saturated rings. The quantitative estimate of drug-likeness (QED) is 0.794. The molecule has 0 heterocycles. The molecule has 2 aromatic carbocycles. The molecule has 0 radical (unpaired) electrons. The van der Waals surface area contributed by atoms with Gasteiger partial charge in [0.05, 0.1) is 7.11 Å². The average molecular weight is 272 g/mol. The lowest BCUT2D eigenvalue weighted by atomic mass is 10.00. The number of ether oxygens (including phenoxy) is 1. The van der Waals surface area contributed by atoms with Crippen molar-refractivity contribution in [3.8, 4) is 5.75 Å². The summed E-state index contributed by atoms with van der Waals surface area (Å²) in [5.74, 6) is 0.875. The van der Waals surface area contributed by atoms with Crippen LogP contribution in [0, 0.1) is 0 Å². The smallest absolute Gasteiger partial charge is 0.312 e. The molecular weight excluding hydrogens is 252 g/mol. The van der Waals surface area contributed by atoms with Gasteiger partial charge in [0.2, 0.25) is 0 Å². The number of carbonyl (C=O) groups excluding carboxylic acids is 1. The highest BCUT2D eigenvalue weighted by atomic mass is 16.5. The summed E-state index contributed by atoms with van der Waals surface area (Å²) in [5.41, 5.74) is 6.33. The molecule has 0 aliphatic carbocycles. The van der Waals surface area contributed by atoms with Crippen molar-refractivity contribution in [2.24, 2.45) is 5.73 Å². The standard InChI is InChI=1S/C16H20N2O2/c1-20-14-9-8-13-7-4-6-12(15(13)11-14)5-2-3-10-18-16(17)19/h4,6-9,11H,2-3,5,10H2,1H3,(H3,17,18,19). The van der Waals surface area contributed by atoms with E-state index in [1.54, 1.807) is 7.11 Å². The summed E-state index contributed by atoms with van der Waals surface area (Å²) in [4.78, 5) is 10.6. The Labute approximate surface area is 118 Å². The molecule has 106 valence electrons. The van der Waals surface area contributed by atoms with Crippen molar-refractivity contribution in [2.75, 3.05) is 13.7 Å². The molecule has 0 saturated heterocycles. The van der Waals surface area contributed by atoms with E-state index in [4.69, 9.17) is 10.5 Å². The number of amides is 2. The average Bonchev–Trinajstić information content (AvgIpc) is 2.46. The summed E-state index contributed by atoms with van der Waals surface area (Å²) in [6, 6.07) is 12.0. The highest BCUT2D eigenvalue weighted by molar-refractivity contribution is 5.87. The number of aryl methyl sites for hydroxylation is 1. The Balaban J connectivity index is 2.03. The van der Waals surface area contributed by atoms with Crippen LogP contribution in [-0.2, 0) is 6.42 Å². The number of nitrogens with two attached hydrogens (primary N) is 1. The van der Waals surface area contributed by atoms with E-state index in [9.17, 15) is 4.79 Å². The number of rotatable bonds is 6. The van der Waals surface area contributed by atoms with E-state index in [0.29, 0.717) is 6.54 Å². The number of unbranched alkanes of at least 4 members (excludes halogenated alkanes) is 1. The lowest BCUT2D eigenvalue weighted by molar-refractivity contribution is 0.248. The molecule has 0 aromatic heterocycles. The zero-order valence-electron chi connectivity index (χ0n) is 11.7. The van der Waals surface area contributed by atoms with Crippen LogP contribution in [0.3, 0.4) is 0 Å². The molecule has 0 unspecified atom stereocenters. The molecule has 0 spiro atoms. The van der Waals surface area contributed by atoms with E-state index in [2.05, 4.69) is 35.6 Å². The Kier molecular flexibility index (Phi) is 4.82. The molecule has 2 amide bonds. The van der Waals surface area contributed by atoms with E-state index in [1.165, 1.54) is 16.3 Å². The maximum absolute atomic E-state index is 10.6. The summed E-state index contributed by atoms with van der Waals surface area (Å²) < 4.78 is 5.29. The minimum Gasteiger partial charge on any atom is -0.497 e. The second-order valence-electron chi connectivity index (χ2n) is 4.75. The van der Waals surface area contributed by atoms with Crippen LogP contribution >= 0.6 is 0 Å². The first-order valence-corrected chi connectivity index (χ1v) is 6.79. The molecule has 0 bridgehead atoms. The maximum atomic E-state index is 10.6. The molecule has 3 N–H and O–H groups in total. The Hall–Kier alpha value is -2.23. The maximum Gasteiger partial charge on any atom is 0.312 e.